The number of benzene rings is 3. The number of nitrogens with one attached hydrogen (secondary N) is 1. The van der Waals surface area contributed by atoms with E-state index >= 15 is 0 Å². The minimum atomic E-state index is -0.547. The molecule has 1 unspecified atom stereocenters. The lowest BCUT2D eigenvalue weighted by molar-refractivity contribution is -0.125. The van der Waals surface area contributed by atoms with Crippen molar-refractivity contribution < 1.29 is 14.3 Å². The normalized spacial score (nSPS) is 15.5. The van der Waals surface area contributed by atoms with Crippen molar-refractivity contribution in [3.05, 3.63) is 90.0 Å². The topological polar surface area (TPSA) is 58.6 Å². The van der Waals surface area contributed by atoms with E-state index in [1.165, 1.54) is 0 Å². The van der Waals surface area contributed by atoms with Crippen LogP contribution in [0.25, 0.3) is 0 Å². The molecule has 0 aromatic heterocycles. The van der Waals surface area contributed by atoms with Gasteiger partial charge in [-0.15, -0.1) is 0 Å². The van der Waals surface area contributed by atoms with Gasteiger partial charge >= 0.3 is 0 Å². The van der Waals surface area contributed by atoms with Crippen molar-refractivity contribution in [1.82, 2.24) is 0 Å². The highest BCUT2D eigenvalue weighted by Crippen LogP contribution is 2.36. The third-order valence-electron chi connectivity index (χ3n) is 5.38. The van der Waals surface area contributed by atoms with Crippen LogP contribution in [0.15, 0.2) is 78.9 Å². The Labute approximate surface area is 176 Å². The van der Waals surface area contributed by atoms with Gasteiger partial charge in [0.1, 0.15) is 5.75 Å². The fourth-order valence-electron chi connectivity index (χ4n) is 3.79. The van der Waals surface area contributed by atoms with E-state index in [0.717, 1.165) is 11.1 Å². The predicted molar refractivity (Wildman–Crippen MR) is 118 cm³/mol. The second-order valence-electron chi connectivity index (χ2n) is 7.47. The monoisotopic (exact) mass is 400 g/mol. The van der Waals surface area contributed by atoms with Crippen LogP contribution in [-0.2, 0) is 9.59 Å². The van der Waals surface area contributed by atoms with Crippen LogP contribution in [0.4, 0.5) is 11.4 Å². The molecule has 1 N–H and O–H groups in total. The van der Waals surface area contributed by atoms with Crippen molar-refractivity contribution in [1.29, 1.82) is 0 Å². The number of anilines is 2. The summed E-state index contributed by atoms with van der Waals surface area (Å²) in [4.78, 5) is 26.6. The van der Waals surface area contributed by atoms with Crippen molar-refractivity contribution in [2.45, 2.75) is 25.4 Å². The van der Waals surface area contributed by atoms with Gasteiger partial charge in [-0.05, 0) is 30.2 Å². The van der Waals surface area contributed by atoms with E-state index < -0.39 is 6.10 Å². The maximum Gasteiger partial charge on any atom is 0.267 e. The lowest BCUT2D eigenvalue weighted by Crippen LogP contribution is -2.41. The van der Waals surface area contributed by atoms with Gasteiger partial charge in [-0.1, -0.05) is 60.7 Å². The van der Waals surface area contributed by atoms with Gasteiger partial charge in [0.15, 0.2) is 6.10 Å². The van der Waals surface area contributed by atoms with Crippen molar-refractivity contribution >= 4 is 23.2 Å². The Morgan fingerprint density at radius 2 is 1.60 bits per heavy atom. The summed E-state index contributed by atoms with van der Waals surface area (Å²) in [5.41, 5.74) is 3.54. The van der Waals surface area contributed by atoms with E-state index in [2.05, 4.69) is 5.32 Å². The van der Waals surface area contributed by atoms with E-state index in [0.29, 0.717) is 23.5 Å². The van der Waals surface area contributed by atoms with Crippen LogP contribution in [0.3, 0.4) is 0 Å². The number of ether oxygens (including phenoxy) is 1. The molecule has 1 atom stereocenters. The number of fused-ring (bicyclic) bond motifs is 1. The molecule has 0 saturated carbocycles. The van der Waals surface area contributed by atoms with Gasteiger partial charge in [-0.2, -0.15) is 0 Å². The second kappa shape index (κ2) is 8.41. The number of carbonyl (C=O) groups excluding carboxylic acids is 2. The molecule has 5 heteroatoms. The molecule has 4 rings (SSSR count). The van der Waals surface area contributed by atoms with Gasteiger partial charge in [-0.3, -0.25) is 9.59 Å². The summed E-state index contributed by atoms with van der Waals surface area (Å²) in [6.07, 6.45) is -0.227. The molecule has 1 aliphatic heterocycles. The minimum Gasteiger partial charge on any atom is -0.479 e. The molecule has 3 aromatic carbocycles. The molecule has 3 aromatic rings. The first-order chi connectivity index (χ1) is 14.5. The van der Waals surface area contributed by atoms with Crippen LogP contribution in [0, 0.1) is 0 Å². The average Bonchev–Trinajstić information content (AvgIpc) is 2.77. The first-order valence-corrected chi connectivity index (χ1v) is 10.0. The Bertz CT molecular complexity index is 1010. The smallest absolute Gasteiger partial charge is 0.267 e. The van der Waals surface area contributed by atoms with Crippen molar-refractivity contribution in [2.24, 2.45) is 0 Å². The Morgan fingerprint density at radius 1 is 1.00 bits per heavy atom. The van der Waals surface area contributed by atoms with Gasteiger partial charge in [0.05, 0.1) is 5.69 Å². The molecule has 0 spiro atoms. The lowest BCUT2D eigenvalue weighted by atomic mass is 9.88. The van der Waals surface area contributed by atoms with Crippen LogP contribution in [-0.4, -0.2) is 25.0 Å². The largest absolute Gasteiger partial charge is 0.479 e. The first-order valence-electron chi connectivity index (χ1n) is 10.0. The zero-order valence-corrected chi connectivity index (χ0v) is 17.0. The number of rotatable bonds is 5. The maximum atomic E-state index is 12.9. The molecule has 0 bridgehead atoms. The quantitative estimate of drug-likeness (QED) is 0.681. The Balaban J connectivity index is 1.53. The summed E-state index contributed by atoms with van der Waals surface area (Å²) in [7, 11) is 1.72. The van der Waals surface area contributed by atoms with E-state index in [1.54, 1.807) is 37.1 Å². The summed E-state index contributed by atoms with van der Waals surface area (Å²) < 4.78 is 5.71. The maximum absolute atomic E-state index is 12.9. The average molecular weight is 400 g/mol. The Kier molecular flexibility index (Phi) is 5.53. The van der Waals surface area contributed by atoms with Gasteiger partial charge in [0, 0.05) is 31.1 Å². The van der Waals surface area contributed by atoms with Crippen LogP contribution in [0.2, 0.25) is 0 Å². The predicted octanol–water partition coefficient (Wildman–Crippen LogP) is 4.59. The third-order valence-corrected chi connectivity index (χ3v) is 5.38. The van der Waals surface area contributed by atoms with Crippen LogP contribution >= 0.6 is 0 Å². The number of hydrogen-bond donors (Lipinski definition) is 1. The second-order valence-corrected chi connectivity index (χ2v) is 7.47. The molecule has 0 fully saturated rings. The van der Waals surface area contributed by atoms with Gasteiger partial charge < -0.3 is 15.0 Å². The molecule has 30 heavy (non-hydrogen) atoms. The molecular weight excluding hydrogens is 376 g/mol. The molecular formula is C25H24N2O3. The third kappa shape index (κ3) is 4.06. The summed E-state index contributed by atoms with van der Waals surface area (Å²) in [5.74, 6) is 0.379. The SMILES string of the molecule is CC1Oc2cc(NC(=O)CC(c3ccccc3)c3ccccc3)ccc2N(C)C1=O. The standard InChI is InChI=1S/C25H24N2O3/c1-17-25(29)27(2)22-14-13-20(15-23(22)30-17)26-24(28)16-21(18-9-5-3-6-10-18)19-11-7-4-8-12-19/h3-15,17,21H,16H2,1-2H3,(H,26,28). The van der Waals surface area contributed by atoms with Gasteiger partial charge in [-0.25, -0.2) is 0 Å². The molecule has 0 radical (unpaired) electrons. The lowest BCUT2D eigenvalue weighted by Gasteiger charge is -2.30. The van der Waals surface area contributed by atoms with Crippen molar-refractivity contribution in [2.75, 3.05) is 17.3 Å². The van der Waals surface area contributed by atoms with E-state index in [9.17, 15) is 9.59 Å². The van der Waals surface area contributed by atoms with Crippen molar-refractivity contribution in [3.8, 4) is 5.75 Å². The summed E-state index contributed by atoms with van der Waals surface area (Å²) in [5, 5.41) is 2.98. The Morgan fingerprint density at radius 3 is 2.20 bits per heavy atom. The highest BCUT2D eigenvalue weighted by molar-refractivity contribution is 6.00. The molecule has 5 nitrogen and oxygen atoms in total. The molecule has 1 heterocycles. The fraction of sp³-hybridized carbons (Fsp3) is 0.200. The number of hydrogen-bond acceptors (Lipinski definition) is 3. The Hall–Kier alpha value is -3.60. The van der Waals surface area contributed by atoms with E-state index in [4.69, 9.17) is 4.74 Å². The summed E-state index contributed by atoms with van der Waals surface area (Å²) in [6, 6.07) is 25.4. The summed E-state index contributed by atoms with van der Waals surface area (Å²) in [6.45, 7) is 1.72. The molecule has 0 aliphatic carbocycles. The molecule has 0 saturated heterocycles. The first kappa shape index (κ1) is 19.7. The molecule has 2 amide bonds. The van der Waals surface area contributed by atoms with Crippen LogP contribution in [0.1, 0.15) is 30.4 Å². The van der Waals surface area contributed by atoms with Crippen molar-refractivity contribution in [3.63, 3.8) is 0 Å². The highest BCUT2D eigenvalue weighted by atomic mass is 16.5. The number of likely N-dealkylation sites (N-methyl/N-ethyl adjacent to an activating group) is 1. The zero-order chi connectivity index (χ0) is 21.1. The zero-order valence-electron chi connectivity index (χ0n) is 17.0. The fourth-order valence-corrected chi connectivity index (χ4v) is 3.79. The van der Waals surface area contributed by atoms with Crippen LogP contribution < -0.4 is 15.0 Å². The molecule has 152 valence electrons. The van der Waals surface area contributed by atoms with E-state index in [1.807, 2.05) is 60.7 Å². The number of nitrogens with zero attached hydrogens (tertiary/aromatic N) is 1. The highest BCUT2D eigenvalue weighted by Gasteiger charge is 2.29. The van der Waals surface area contributed by atoms with Gasteiger partial charge in [0.25, 0.3) is 5.91 Å². The van der Waals surface area contributed by atoms with Crippen LogP contribution in [0.5, 0.6) is 5.75 Å². The van der Waals surface area contributed by atoms with E-state index in [-0.39, 0.29) is 17.7 Å². The number of amides is 2. The molecule has 1 aliphatic rings. The van der Waals surface area contributed by atoms with Gasteiger partial charge in [0.2, 0.25) is 5.91 Å². The summed E-state index contributed by atoms with van der Waals surface area (Å²) >= 11 is 0. The number of carbonyl (C=O) groups is 2. The minimum absolute atomic E-state index is 0.0370.